The Morgan fingerprint density at radius 3 is 2.35 bits per heavy atom. The van der Waals surface area contributed by atoms with Crippen molar-refractivity contribution in [3.8, 4) is 0 Å². The second-order valence-corrected chi connectivity index (χ2v) is 9.39. The van der Waals surface area contributed by atoms with Gasteiger partial charge in [-0.25, -0.2) is 21.6 Å². The van der Waals surface area contributed by atoms with Gasteiger partial charge in [0.15, 0.2) is 0 Å². The maximum atomic E-state index is 12.2. The van der Waals surface area contributed by atoms with Gasteiger partial charge in [0.25, 0.3) is 0 Å². The monoisotopic (exact) mass is 327 g/mol. The van der Waals surface area contributed by atoms with Gasteiger partial charge in [-0.3, -0.25) is 4.79 Å². The van der Waals surface area contributed by atoms with Gasteiger partial charge in [0.05, 0.1) is 23.2 Å². The fourth-order valence-electron chi connectivity index (χ4n) is 2.27. The Morgan fingerprint density at radius 1 is 1.35 bits per heavy atom. The van der Waals surface area contributed by atoms with E-state index in [1.807, 2.05) is 6.92 Å². The van der Waals surface area contributed by atoms with E-state index in [-0.39, 0.29) is 30.8 Å². The van der Waals surface area contributed by atoms with Crippen LogP contribution in [0.15, 0.2) is 0 Å². The number of aliphatic carboxylic acids is 1. The predicted octanol–water partition coefficient (Wildman–Crippen LogP) is 0.126. The first-order valence-electron chi connectivity index (χ1n) is 6.59. The number of carboxylic acids is 1. The molecule has 0 amide bonds. The summed E-state index contributed by atoms with van der Waals surface area (Å²) in [4.78, 5) is 10.7. The highest BCUT2D eigenvalue weighted by Crippen LogP contribution is 2.19. The van der Waals surface area contributed by atoms with Crippen molar-refractivity contribution in [2.45, 2.75) is 50.3 Å². The van der Waals surface area contributed by atoms with Crippen molar-refractivity contribution in [3.05, 3.63) is 0 Å². The molecule has 1 rings (SSSR count). The van der Waals surface area contributed by atoms with Gasteiger partial charge in [-0.05, 0) is 19.3 Å². The van der Waals surface area contributed by atoms with Crippen molar-refractivity contribution < 1.29 is 26.7 Å². The Kier molecular flexibility index (Phi) is 5.96. The van der Waals surface area contributed by atoms with Crippen LogP contribution in [0.2, 0.25) is 0 Å². The Hall–Kier alpha value is -0.670. The quantitative estimate of drug-likeness (QED) is 0.686. The fourth-order valence-corrected chi connectivity index (χ4v) is 5.77. The third kappa shape index (κ3) is 5.37. The SMILES string of the molecule is CCCC(CC(=O)O)NS(=O)(=O)C1CCS(=O)(=O)CC1. The minimum Gasteiger partial charge on any atom is -0.481 e. The molecule has 1 aliphatic heterocycles. The lowest BCUT2D eigenvalue weighted by molar-refractivity contribution is -0.137. The van der Waals surface area contributed by atoms with Crippen LogP contribution in [0, 0.1) is 0 Å². The molecule has 0 aromatic rings. The van der Waals surface area contributed by atoms with Crippen LogP contribution in [0.3, 0.4) is 0 Å². The summed E-state index contributed by atoms with van der Waals surface area (Å²) in [7, 11) is -6.80. The molecule has 0 saturated carbocycles. The Labute approximate surface area is 119 Å². The minimum absolute atomic E-state index is 0.0730. The topological polar surface area (TPSA) is 118 Å². The highest BCUT2D eigenvalue weighted by atomic mass is 32.2. The van der Waals surface area contributed by atoms with Crippen LogP contribution in [0.25, 0.3) is 0 Å². The van der Waals surface area contributed by atoms with Crippen molar-refractivity contribution >= 4 is 25.8 Å². The van der Waals surface area contributed by atoms with Crippen LogP contribution >= 0.6 is 0 Å². The van der Waals surface area contributed by atoms with E-state index in [1.54, 1.807) is 0 Å². The molecule has 1 heterocycles. The molecule has 1 fully saturated rings. The van der Waals surface area contributed by atoms with E-state index in [2.05, 4.69) is 4.72 Å². The van der Waals surface area contributed by atoms with Gasteiger partial charge in [0, 0.05) is 6.04 Å². The van der Waals surface area contributed by atoms with E-state index in [0.29, 0.717) is 12.8 Å². The molecular weight excluding hydrogens is 306 g/mol. The van der Waals surface area contributed by atoms with E-state index in [9.17, 15) is 21.6 Å². The number of nitrogens with one attached hydrogen (secondary N) is 1. The average Bonchev–Trinajstić information content (AvgIpc) is 2.27. The summed E-state index contributed by atoms with van der Waals surface area (Å²) in [5.41, 5.74) is 0. The predicted molar refractivity (Wildman–Crippen MR) is 74.7 cm³/mol. The molecule has 1 aliphatic rings. The molecule has 7 nitrogen and oxygen atoms in total. The van der Waals surface area contributed by atoms with Gasteiger partial charge in [0.1, 0.15) is 9.84 Å². The van der Waals surface area contributed by atoms with E-state index < -0.39 is 37.1 Å². The molecular formula is C11H21NO6S2. The smallest absolute Gasteiger partial charge is 0.304 e. The molecule has 0 aliphatic carbocycles. The average molecular weight is 327 g/mol. The molecule has 2 N–H and O–H groups in total. The van der Waals surface area contributed by atoms with E-state index >= 15 is 0 Å². The molecule has 1 unspecified atom stereocenters. The highest BCUT2D eigenvalue weighted by Gasteiger charge is 2.34. The number of hydrogen-bond donors (Lipinski definition) is 2. The molecule has 0 aromatic heterocycles. The summed E-state index contributed by atoms with van der Waals surface area (Å²) >= 11 is 0. The fraction of sp³-hybridized carbons (Fsp3) is 0.909. The number of sulfone groups is 1. The lowest BCUT2D eigenvalue weighted by Crippen LogP contribution is -2.44. The molecule has 1 saturated heterocycles. The second kappa shape index (κ2) is 6.86. The van der Waals surface area contributed by atoms with Crippen LogP contribution in [-0.2, 0) is 24.7 Å². The largest absolute Gasteiger partial charge is 0.481 e. The molecule has 20 heavy (non-hydrogen) atoms. The first kappa shape index (κ1) is 17.4. The second-order valence-electron chi connectivity index (χ2n) is 5.10. The number of hydrogen-bond acceptors (Lipinski definition) is 5. The normalized spacial score (nSPS) is 21.4. The van der Waals surface area contributed by atoms with Crippen molar-refractivity contribution in [1.29, 1.82) is 0 Å². The Bertz CT molecular complexity index is 525. The first-order chi connectivity index (χ1) is 9.16. The lowest BCUT2D eigenvalue weighted by atomic mass is 10.1. The van der Waals surface area contributed by atoms with Crippen molar-refractivity contribution in [2.75, 3.05) is 11.5 Å². The van der Waals surface area contributed by atoms with Gasteiger partial charge < -0.3 is 5.11 Å². The maximum absolute atomic E-state index is 12.2. The van der Waals surface area contributed by atoms with Crippen LogP contribution in [0.5, 0.6) is 0 Å². The van der Waals surface area contributed by atoms with E-state index in [1.165, 1.54) is 0 Å². The first-order valence-corrected chi connectivity index (χ1v) is 9.96. The third-order valence-electron chi connectivity index (χ3n) is 3.33. The highest BCUT2D eigenvalue weighted by molar-refractivity contribution is 7.92. The minimum atomic E-state index is -3.68. The Balaban J connectivity index is 2.70. The molecule has 0 aromatic carbocycles. The zero-order chi connectivity index (χ0) is 15.4. The summed E-state index contributed by atoms with van der Waals surface area (Å²) < 4.78 is 49.3. The zero-order valence-electron chi connectivity index (χ0n) is 11.4. The number of carbonyl (C=O) groups is 1. The van der Waals surface area contributed by atoms with Gasteiger partial charge in [-0.1, -0.05) is 13.3 Å². The third-order valence-corrected chi connectivity index (χ3v) is 7.06. The summed E-state index contributed by atoms with van der Waals surface area (Å²) in [5, 5.41) is 8.02. The van der Waals surface area contributed by atoms with Crippen LogP contribution < -0.4 is 4.72 Å². The standard InChI is InChI=1S/C11H21NO6S2/c1-2-3-9(8-11(13)14)12-20(17,18)10-4-6-19(15,16)7-5-10/h9-10,12H,2-8H2,1H3,(H,13,14). The van der Waals surface area contributed by atoms with E-state index in [0.717, 1.165) is 0 Å². The molecule has 0 spiro atoms. The number of sulfonamides is 1. The maximum Gasteiger partial charge on any atom is 0.304 e. The van der Waals surface area contributed by atoms with Crippen LogP contribution in [-0.4, -0.2) is 50.7 Å². The summed E-state index contributed by atoms with van der Waals surface area (Å²) in [6.45, 7) is 1.84. The molecule has 0 radical (unpaired) electrons. The number of carboxylic acid groups (broad SMARTS) is 1. The molecule has 1 atom stereocenters. The van der Waals surface area contributed by atoms with Crippen molar-refractivity contribution in [3.63, 3.8) is 0 Å². The summed E-state index contributed by atoms with van der Waals surface area (Å²) in [5.74, 6) is -1.32. The van der Waals surface area contributed by atoms with Gasteiger partial charge in [-0.15, -0.1) is 0 Å². The molecule has 9 heteroatoms. The lowest BCUT2D eigenvalue weighted by Gasteiger charge is -2.25. The van der Waals surface area contributed by atoms with E-state index in [4.69, 9.17) is 5.11 Å². The Morgan fingerprint density at radius 2 is 1.90 bits per heavy atom. The van der Waals surface area contributed by atoms with Gasteiger partial charge in [0.2, 0.25) is 10.0 Å². The number of rotatable bonds is 7. The van der Waals surface area contributed by atoms with Crippen molar-refractivity contribution in [2.24, 2.45) is 0 Å². The summed E-state index contributed by atoms with van der Waals surface area (Å²) in [6.07, 6.45) is 0.987. The molecule has 0 bridgehead atoms. The van der Waals surface area contributed by atoms with Crippen LogP contribution in [0.1, 0.15) is 39.0 Å². The van der Waals surface area contributed by atoms with Gasteiger partial charge >= 0.3 is 5.97 Å². The molecule has 118 valence electrons. The van der Waals surface area contributed by atoms with Gasteiger partial charge in [-0.2, -0.15) is 0 Å². The van der Waals surface area contributed by atoms with Crippen LogP contribution in [0.4, 0.5) is 0 Å². The van der Waals surface area contributed by atoms with Crippen molar-refractivity contribution in [1.82, 2.24) is 4.72 Å². The zero-order valence-corrected chi connectivity index (χ0v) is 13.0. The summed E-state index contributed by atoms with van der Waals surface area (Å²) in [6, 6.07) is -0.638.